The molecule has 0 bridgehead atoms. The molecular weight excluding hydrogens is 340 g/mol. The van der Waals surface area contributed by atoms with Crippen LogP contribution in [0.4, 0.5) is 0 Å². The zero-order chi connectivity index (χ0) is 19.0. The summed E-state index contributed by atoms with van der Waals surface area (Å²) in [5, 5.41) is 3.34. The van der Waals surface area contributed by atoms with Crippen molar-refractivity contribution in [3.05, 3.63) is 30.1 Å². The predicted molar refractivity (Wildman–Crippen MR) is 103 cm³/mol. The number of piperidine rings is 1. The second kappa shape index (κ2) is 7.23. The van der Waals surface area contributed by atoms with Gasteiger partial charge >= 0.3 is 0 Å². The van der Waals surface area contributed by atoms with Crippen LogP contribution in [0, 0.1) is 17.8 Å². The highest BCUT2D eigenvalue weighted by atomic mass is 16.2. The number of likely N-dealkylation sites (tertiary alicyclic amines) is 2. The van der Waals surface area contributed by atoms with E-state index in [4.69, 9.17) is 0 Å². The van der Waals surface area contributed by atoms with Gasteiger partial charge in [-0.15, -0.1) is 0 Å². The molecule has 1 aromatic heterocycles. The molecule has 0 radical (unpaired) electrons. The number of rotatable bonds is 4. The first-order chi connectivity index (χ1) is 13.0. The van der Waals surface area contributed by atoms with E-state index in [-0.39, 0.29) is 23.3 Å². The normalized spacial score (nSPS) is 28.2. The van der Waals surface area contributed by atoms with Gasteiger partial charge in [0.1, 0.15) is 0 Å². The summed E-state index contributed by atoms with van der Waals surface area (Å²) in [6, 6.07) is 3.54. The Kier molecular flexibility index (Phi) is 4.93. The molecule has 0 saturated carbocycles. The summed E-state index contributed by atoms with van der Waals surface area (Å²) in [5.41, 5.74) is 0.566. The topological polar surface area (TPSA) is 65.5 Å². The summed E-state index contributed by atoms with van der Waals surface area (Å²) in [5.74, 6) is 1.46. The van der Waals surface area contributed by atoms with E-state index in [1.807, 2.05) is 4.90 Å². The molecule has 3 fully saturated rings. The van der Waals surface area contributed by atoms with Gasteiger partial charge in [0, 0.05) is 62.1 Å². The fourth-order valence-electron chi connectivity index (χ4n) is 5.14. The van der Waals surface area contributed by atoms with Crippen molar-refractivity contribution in [1.29, 1.82) is 0 Å². The lowest BCUT2D eigenvalue weighted by molar-refractivity contribution is -0.123. The van der Waals surface area contributed by atoms with Gasteiger partial charge in [0.2, 0.25) is 5.91 Å². The Morgan fingerprint density at radius 2 is 2.00 bits per heavy atom. The van der Waals surface area contributed by atoms with Gasteiger partial charge in [0.25, 0.3) is 5.91 Å². The monoisotopic (exact) mass is 370 g/mol. The van der Waals surface area contributed by atoms with Gasteiger partial charge in [-0.3, -0.25) is 14.6 Å². The predicted octanol–water partition coefficient (Wildman–Crippen LogP) is 1.78. The second-order valence-electron chi connectivity index (χ2n) is 8.62. The minimum Gasteiger partial charge on any atom is -0.350 e. The molecule has 4 rings (SSSR count). The Morgan fingerprint density at radius 3 is 2.67 bits per heavy atom. The first kappa shape index (κ1) is 18.4. The van der Waals surface area contributed by atoms with E-state index in [1.165, 1.54) is 6.42 Å². The molecule has 27 heavy (non-hydrogen) atoms. The third-order valence-electron chi connectivity index (χ3n) is 6.95. The van der Waals surface area contributed by atoms with Crippen LogP contribution in [0.1, 0.15) is 43.5 Å². The van der Waals surface area contributed by atoms with Gasteiger partial charge in [-0.2, -0.15) is 0 Å². The van der Waals surface area contributed by atoms with Gasteiger partial charge in [0.15, 0.2) is 0 Å². The molecular formula is C21H30N4O2. The van der Waals surface area contributed by atoms with Crippen molar-refractivity contribution in [1.82, 2.24) is 20.1 Å². The van der Waals surface area contributed by atoms with Crippen LogP contribution in [-0.4, -0.2) is 64.9 Å². The largest absolute Gasteiger partial charge is 0.350 e. The van der Waals surface area contributed by atoms with Gasteiger partial charge in [0.05, 0.1) is 5.92 Å². The number of carbonyl (C=O) groups is 2. The minimum absolute atomic E-state index is 0.0675. The number of amides is 2. The number of fused-ring (bicyclic) bond motifs is 2. The van der Waals surface area contributed by atoms with Crippen molar-refractivity contribution < 1.29 is 9.59 Å². The van der Waals surface area contributed by atoms with Crippen LogP contribution in [0.2, 0.25) is 0 Å². The number of nitrogens with one attached hydrogen (secondary N) is 1. The zero-order valence-electron chi connectivity index (χ0n) is 16.4. The molecule has 3 saturated heterocycles. The maximum absolute atomic E-state index is 12.7. The Bertz CT molecular complexity index is 699. The highest BCUT2D eigenvalue weighted by Gasteiger charge is 2.57. The second-order valence-corrected chi connectivity index (χ2v) is 8.62. The van der Waals surface area contributed by atoms with E-state index in [9.17, 15) is 9.59 Å². The fourth-order valence-corrected chi connectivity index (χ4v) is 5.14. The van der Waals surface area contributed by atoms with E-state index in [0.29, 0.717) is 30.5 Å². The van der Waals surface area contributed by atoms with E-state index < -0.39 is 0 Å². The molecule has 3 aliphatic heterocycles. The minimum atomic E-state index is -0.124. The average Bonchev–Trinajstić information content (AvgIpc) is 3.22. The molecule has 3 atom stereocenters. The summed E-state index contributed by atoms with van der Waals surface area (Å²) in [6.45, 7) is 8.90. The summed E-state index contributed by atoms with van der Waals surface area (Å²) < 4.78 is 0. The number of aromatic nitrogens is 1. The van der Waals surface area contributed by atoms with E-state index in [2.05, 4.69) is 29.0 Å². The van der Waals surface area contributed by atoms with Crippen molar-refractivity contribution in [3.63, 3.8) is 0 Å². The van der Waals surface area contributed by atoms with E-state index >= 15 is 0 Å². The van der Waals surface area contributed by atoms with Crippen LogP contribution < -0.4 is 5.32 Å². The van der Waals surface area contributed by atoms with Crippen molar-refractivity contribution in [3.8, 4) is 0 Å². The third-order valence-corrected chi connectivity index (χ3v) is 6.95. The highest BCUT2D eigenvalue weighted by molar-refractivity contribution is 5.94. The molecule has 1 N–H and O–H groups in total. The maximum Gasteiger partial charge on any atom is 0.253 e. The molecule has 146 valence electrons. The van der Waals surface area contributed by atoms with Gasteiger partial charge < -0.3 is 15.1 Å². The van der Waals surface area contributed by atoms with Gasteiger partial charge in [-0.05, 0) is 30.9 Å². The smallest absolute Gasteiger partial charge is 0.253 e. The number of pyridine rings is 1. The summed E-state index contributed by atoms with van der Waals surface area (Å²) in [7, 11) is 0. The van der Waals surface area contributed by atoms with E-state index in [0.717, 1.165) is 32.5 Å². The third kappa shape index (κ3) is 3.35. The molecule has 6 heteroatoms. The SMILES string of the molecule is CC[C@H](C)CN1C[C@H]2C(=O)NC3(CCN(C(=O)c4ccncc4)CC3)[C@H]2C1. The molecule has 3 aliphatic rings. The first-order valence-electron chi connectivity index (χ1n) is 10.3. The quantitative estimate of drug-likeness (QED) is 0.877. The van der Waals surface area contributed by atoms with Crippen molar-refractivity contribution >= 4 is 11.8 Å². The van der Waals surface area contributed by atoms with Crippen LogP contribution in [0.3, 0.4) is 0 Å². The molecule has 0 aliphatic carbocycles. The lowest BCUT2D eigenvalue weighted by Crippen LogP contribution is -2.56. The molecule has 6 nitrogen and oxygen atoms in total. The fraction of sp³-hybridized carbons (Fsp3) is 0.667. The highest BCUT2D eigenvalue weighted by Crippen LogP contribution is 2.44. The lowest BCUT2D eigenvalue weighted by Gasteiger charge is -2.43. The average molecular weight is 370 g/mol. The number of carbonyl (C=O) groups excluding carboxylic acids is 2. The van der Waals surface area contributed by atoms with Gasteiger partial charge in [-0.25, -0.2) is 0 Å². The van der Waals surface area contributed by atoms with Crippen LogP contribution in [-0.2, 0) is 4.79 Å². The molecule has 1 aromatic rings. The molecule has 2 amide bonds. The van der Waals surface area contributed by atoms with Crippen molar-refractivity contribution in [2.45, 2.75) is 38.6 Å². The van der Waals surface area contributed by atoms with Crippen LogP contribution in [0.25, 0.3) is 0 Å². The zero-order valence-corrected chi connectivity index (χ0v) is 16.4. The summed E-state index contributed by atoms with van der Waals surface area (Å²) in [6.07, 6.45) is 6.20. The molecule has 1 spiro atoms. The Labute approximate surface area is 161 Å². The lowest BCUT2D eigenvalue weighted by atomic mass is 9.75. The Balaban J connectivity index is 1.42. The van der Waals surface area contributed by atoms with Crippen LogP contribution in [0.5, 0.6) is 0 Å². The molecule has 0 unspecified atom stereocenters. The molecule has 4 heterocycles. The first-order valence-corrected chi connectivity index (χ1v) is 10.3. The van der Waals surface area contributed by atoms with Crippen LogP contribution >= 0.6 is 0 Å². The summed E-state index contributed by atoms with van der Waals surface area (Å²) in [4.78, 5) is 33.7. The number of hydrogen-bond acceptors (Lipinski definition) is 4. The molecule has 0 aromatic carbocycles. The maximum atomic E-state index is 12.7. The van der Waals surface area contributed by atoms with Crippen molar-refractivity contribution in [2.24, 2.45) is 17.8 Å². The van der Waals surface area contributed by atoms with E-state index in [1.54, 1.807) is 24.5 Å². The number of hydrogen-bond donors (Lipinski definition) is 1. The number of nitrogens with zero attached hydrogens (tertiary/aromatic N) is 3. The Morgan fingerprint density at radius 1 is 1.30 bits per heavy atom. The van der Waals surface area contributed by atoms with Crippen LogP contribution in [0.15, 0.2) is 24.5 Å². The van der Waals surface area contributed by atoms with Crippen molar-refractivity contribution in [2.75, 3.05) is 32.7 Å². The Hall–Kier alpha value is -1.95. The summed E-state index contributed by atoms with van der Waals surface area (Å²) >= 11 is 0. The standard InChI is InChI=1S/C21H30N4O2/c1-3-15(2)12-24-13-17-18(14-24)21(23-19(17)26)6-10-25(11-7-21)20(27)16-4-8-22-9-5-16/h4-5,8-9,15,17-18H,3,6-7,10-14H2,1-2H3,(H,23,26)/t15-,17+,18-/m0/s1. The van der Waals surface area contributed by atoms with Gasteiger partial charge in [-0.1, -0.05) is 20.3 Å².